The van der Waals surface area contributed by atoms with E-state index in [2.05, 4.69) is 20.3 Å². The Morgan fingerprint density at radius 3 is 2.88 bits per heavy atom. The van der Waals surface area contributed by atoms with Gasteiger partial charge < -0.3 is 15.4 Å². The number of aliphatic imine (C=N–C) groups is 1. The monoisotopic (exact) mass is 402 g/mol. The molecule has 10 heteroatoms. The molecule has 0 spiro atoms. The van der Waals surface area contributed by atoms with Crippen molar-refractivity contribution in [2.45, 2.75) is 36.8 Å². The molecule has 1 fully saturated rings. The Bertz CT molecular complexity index is 784. The average molecular weight is 403 g/mol. The van der Waals surface area contributed by atoms with Gasteiger partial charge in [0, 0.05) is 25.2 Å². The van der Waals surface area contributed by atoms with E-state index in [0.717, 1.165) is 6.42 Å². The molecule has 2 heterocycles. The smallest absolute Gasteiger partial charge is 0.262 e. The van der Waals surface area contributed by atoms with E-state index in [1.165, 1.54) is 12.1 Å². The summed E-state index contributed by atoms with van der Waals surface area (Å²) in [5, 5.41) is 5.84. The van der Waals surface area contributed by atoms with Crippen molar-refractivity contribution in [2.24, 2.45) is 4.99 Å². The molecule has 0 aromatic heterocycles. The van der Waals surface area contributed by atoms with E-state index in [0.29, 0.717) is 37.6 Å². The van der Waals surface area contributed by atoms with Gasteiger partial charge >= 0.3 is 0 Å². The number of benzene rings is 1. The van der Waals surface area contributed by atoms with Crippen molar-refractivity contribution in [3.8, 4) is 0 Å². The lowest BCUT2D eigenvalue weighted by Gasteiger charge is -2.29. The van der Waals surface area contributed by atoms with Gasteiger partial charge in [0.25, 0.3) is 10.0 Å². The topological polar surface area (TPSA) is 109 Å². The molecular weight excluding hydrogens is 380 g/mol. The standard InChI is InChI=1S/C16H22N4O4S.ClH/c1-11-15(18-8-9-24-11)16(21)19-12-4-2-5-13(10-12)25(22,23)20-14-6-3-7-17-14;/h2,4-5,10-11,15,18H,3,6-9H2,1H3,(H,17,20)(H,19,21);1H/t11-,15+;/m1./s1. The number of carbonyl (C=O) groups excluding carboxylic acids is 1. The molecule has 1 aromatic carbocycles. The Kier molecular flexibility index (Phi) is 6.99. The highest BCUT2D eigenvalue weighted by atomic mass is 35.5. The summed E-state index contributed by atoms with van der Waals surface area (Å²) in [6.07, 6.45) is 1.23. The minimum absolute atomic E-state index is 0. The minimum Gasteiger partial charge on any atom is -0.375 e. The van der Waals surface area contributed by atoms with E-state index < -0.39 is 16.1 Å². The molecule has 0 saturated carbocycles. The zero-order valence-electron chi connectivity index (χ0n) is 14.4. The molecule has 0 aliphatic carbocycles. The second-order valence-electron chi connectivity index (χ2n) is 6.06. The molecule has 8 nitrogen and oxygen atoms in total. The maximum atomic E-state index is 12.4. The third kappa shape index (κ3) is 4.94. The Balaban J connectivity index is 0.00000243. The number of hydrogen-bond acceptors (Lipinski definition) is 6. The molecule has 1 aromatic rings. The van der Waals surface area contributed by atoms with Crippen molar-refractivity contribution >= 4 is 39.9 Å². The first-order chi connectivity index (χ1) is 12.0. The van der Waals surface area contributed by atoms with Crippen molar-refractivity contribution in [1.29, 1.82) is 0 Å². The number of halogens is 1. The zero-order valence-corrected chi connectivity index (χ0v) is 16.0. The summed E-state index contributed by atoms with van der Waals surface area (Å²) in [7, 11) is -3.71. The van der Waals surface area contributed by atoms with E-state index in [9.17, 15) is 13.2 Å². The lowest BCUT2D eigenvalue weighted by atomic mass is 10.1. The highest BCUT2D eigenvalue weighted by Gasteiger charge is 2.28. The number of nitrogens with one attached hydrogen (secondary N) is 3. The summed E-state index contributed by atoms with van der Waals surface area (Å²) in [6, 6.07) is 5.69. The quantitative estimate of drug-likeness (QED) is 0.693. The molecule has 2 atom stereocenters. The summed E-state index contributed by atoms with van der Waals surface area (Å²) in [5.41, 5.74) is 0.417. The third-order valence-corrected chi connectivity index (χ3v) is 5.52. The SMILES string of the molecule is C[C@H]1OCCN[C@@H]1C(=O)Nc1cccc(S(=O)(=O)NC2=NCCC2)c1.Cl. The fraction of sp³-hybridized carbons (Fsp3) is 0.500. The van der Waals surface area contributed by atoms with E-state index in [-0.39, 0.29) is 29.3 Å². The molecule has 1 amide bonds. The molecule has 144 valence electrons. The number of rotatable bonds is 4. The lowest BCUT2D eigenvalue weighted by molar-refractivity contribution is -0.123. The summed E-state index contributed by atoms with van der Waals surface area (Å²) in [6.45, 7) is 3.63. The van der Waals surface area contributed by atoms with Crippen LogP contribution in [0, 0.1) is 0 Å². The van der Waals surface area contributed by atoms with Crippen LogP contribution >= 0.6 is 12.4 Å². The van der Waals surface area contributed by atoms with E-state index in [1.54, 1.807) is 12.1 Å². The van der Waals surface area contributed by atoms with Gasteiger partial charge in [0.15, 0.2) is 0 Å². The molecule has 0 radical (unpaired) electrons. The normalized spacial score (nSPS) is 22.9. The predicted molar refractivity (Wildman–Crippen MR) is 101 cm³/mol. The first-order valence-electron chi connectivity index (χ1n) is 8.28. The lowest BCUT2D eigenvalue weighted by Crippen LogP contribution is -2.53. The predicted octanol–water partition coefficient (Wildman–Crippen LogP) is 0.894. The highest BCUT2D eigenvalue weighted by molar-refractivity contribution is 7.90. The summed E-state index contributed by atoms with van der Waals surface area (Å²) in [4.78, 5) is 16.6. The summed E-state index contributed by atoms with van der Waals surface area (Å²) in [5.74, 6) is 0.224. The molecule has 2 aliphatic rings. The van der Waals surface area contributed by atoms with Gasteiger partial charge in [-0.2, -0.15) is 0 Å². The van der Waals surface area contributed by atoms with Crippen LogP contribution in [0.2, 0.25) is 0 Å². The van der Waals surface area contributed by atoms with Gasteiger partial charge in [-0.05, 0) is 31.5 Å². The van der Waals surface area contributed by atoms with Crippen LogP contribution < -0.4 is 15.4 Å². The molecule has 1 saturated heterocycles. The van der Waals surface area contributed by atoms with Crippen LogP contribution in [-0.4, -0.2) is 52.0 Å². The van der Waals surface area contributed by atoms with Crippen molar-refractivity contribution in [3.63, 3.8) is 0 Å². The van der Waals surface area contributed by atoms with Crippen molar-refractivity contribution in [1.82, 2.24) is 10.0 Å². The second-order valence-corrected chi connectivity index (χ2v) is 7.74. The largest absolute Gasteiger partial charge is 0.375 e. The fourth-order valence-electron chi connectivity index (χ4n) is 2.83. The van der Waals surface area contributed by atoms with Crippen LogP contribution in [0.4, 0.5) is 5.69 Å². The number of amides is 1. The molecule has 2 aliphatic heterocycles. The molecule has 3 N–H and O–H groups in total. The molecule has 26 heavy (non-hydrogen) atoms. The number of carbonyl (C=O) groups is 1. The maximum Gasteiger partial charge on any atom is 0.262 e. The van der Waals surface area contributed by atoms with E-state index in [4.69, 9.17) is 4.74 Å². The van der Waals surface area contributed by atoms with Crippen LogP contribution in [0.5, 0.6) is 0 Å². The van der Waals surface area contributed by atoms with Gasteiger partial charge in [0.2, 0.25) is 5.91 Å². The van der Waals surface area contributed by atoms with Gasteiger partial charge in [0.05, 0.1) is 17.6 Å². The Labute approximate surface area is 159 Å². The van der Waals surface area contributed by atoms with E-state index in [1.807, 2.05) is 6.92 Å². The van der Waals surface area contributed by atoms with Gasteiger partial charge in [-0.1, -0.05) is 6.07 Å². The van der Waals surface area contributed by atoms with Gasteiger partial charge in [-0.15, -0.1) is 12.4 Å². The Morgan fingerprint density at radius 1 is 1.38 bits per heavy atom. The van der Waals surface area contributed by atoms with Crippen LogP contribution in [-0.2, 0) is 19.6 Å². The van der Waals surface area contributed by atoms with Crippen molar-refractivity contribution < 1.29 is 17.9 Å². The van der Waals surface area contributed by atoms with Gasteiger partial charge in [-0.25, -0.2) is 8.42 Å². The van der Waals surface area contributed by atoms with Crippen LogP contribution in [0.25, 0.3) is 0 Å². The molecular formula is C16H23ClN4O4S. The number of sulfonamides is 1. The van der Waals surface area contributed by atoms with E-state index >= 15 is 0 Å². The number of hydrogen-bond donors (Lipinski definition) is 3. The maximum absolute atomic E-state index is 12.4. The number of morpholine rings is 1. The highest BCUT2D eigenvalue weighted by Crippen LogP contribution is 2.17. The van der Waals surface area contributed by atoms with Crippen LogP contribution in [0.3, 0.4) is 0 Å². The number of amidine groups is 1. The average Bonchev–Trinajstić information content (AvgIpc) is 3.07. The van der Waals surface area contributed by atoms with Gasteiger partial charge in [0.1, 0.15) is 11.9 Å². The molecule has 0 unspecified atom stereocenters. The summed E-state index contributed by atoms with van der Waals surface area (Å²) >= 11 is 0. The van der Waals surface area contributed by atoms with Crippen molar-refractivity contribution in [3.05, 3.63) is 24.3 Å². The molecule has 0 bridgehead atoms. The zero-order chi connectivity index (χ0) is 17.9. The molecule has 3 rings (SSSR count). The minimum atomic E-state index is -3.71. The number of ether oxygens (including phenoxy) is 1. The van der Waals surface area contributed by atoms with Crippen LogP contribution in [0.15, 0.2) is 34.2 Å². The van der Waals surface area contributed by atoms with Gasteiger partial charge in [-0.3, -0.25) is 14.5 Å². The number of nitrogens with zero attached hydrogens (tertiary/aromatic N) is 1. The Hall–Kier alpha value is -1.68. The first-order valence-corrected chi connectivity index (χ1v) is 9.76. The second kappa shape index (κ2) is 8.81. The number of anilines is 1. The fourth-order valence-corrected chi connectivity index (χ4v) is 3.96. The first kappa shape index (κ1) is 20.6. The summed E-state index contributed by atoms with van der Waals surface area (Å²) < 4.78 is 32.8. The van der Waals surface area contributed by atoms with Crippen molar-refractivity contribution in [2.75, 3.05) is 25.0 Å². The van der Waals surface area contributed by atoms with Crippen LogP contribution in [0.1, 0.15) is 19.8 Å². The third-order valence-electron chi connectivity index (χ3n) is 4.14. The Morgan fingerprint density at radius 2 is 2.19 bits per heavy atom.